The number of rotatable bonds is 7. The van der Waals surface area contributed by atoms with Crippen molar-refractivity contribution in [2.75, 3.05) is 43.7 Å². The van der Waals surface area contributed by atoms with Gasteiger partial charge in [-0.1, -0.05) is 0 Å². The summed E-state index contributed by atoms with van der Waals surface area (Å²) in [5.74, 6) is -1.72. The number of ether oxygens (including phenoxy) is 2. The van der Waals surface area contributed by atoms with Gasteiger partial charge < -0.3 is 19.3 Å². The molecule has 3 aromatic rings. The quantitative estimate of drug-likeness (QED) is 0.134. The molecule has 0 saturated carbocycles. The highest BCUT2D eigenvalue weighted by molar-refractivity contribution is 7.97. The lowest BCUT2D eigenvalue weighted by Crippen LogP contribution is -2.25. The maximum atomic E-state index is 12.0. The molecule has 0 heterocycles. The van der Waals surface area contributed by atoms with Crippen molar-refractivity contribution in [1.82, 2.24) is 0 Å². The van der Waals surface area contributed by atoms with Crippen LogP contribution in [0.3, 0.4) is 0 Å². The van der Waals surface area contributed by atoms with E-state index in [1.807, 2.05) is 73.2 Å². The molecule has 0 radical (unpaired) electrons. The summed E-state index contributed by atoms with van der Waals surface area (Å²) in [6.07, 6.45) is -5.55. The minimum absolute atomic E-state index is 0.303. The molecule has 0 aliphatic heterocycles. The van der Waals surface area contributed by atoms with E-state index in [9.17, 15) is 26.4 Å². The molecule has 0 aliphatic rings. The first kappa shape index (κ1) is 34.8. The average molecular weight is 630 g/mol. The van der Waals surface area contributed by atoms with Gasteiger partial charge >= 0.3 is 12.3 Å². The van der Waals surface area contributed by atoms with Crippen LogP contribution in [0.2, 0.25) is 0 Å². The summed E-state index contributed by atoms with van der Waals surface area (Å²) in [5, 5.41) is 0. The standard InChI is InChI=1S/C27H33N2O3S.C2H3F3O3S/c1-27(2,3)32-26(30)31-22-12-18-25(19-13-22)33(23-14-8-20(9-15-23)28(4)5)24-16-10-21(11-17-24)29(6)7;3-2(4,5)1-9(6,7)8/h8-19H,1-7H3;1H2,(H,6,7,8)/q+1;. The average Bonchev–Trinajstić information content (AvgIpc) is 2.83. The Bertz CT molecular complexity index is 1350. The SMILES string of the molecule is CN(C)c1ccc([S+](c2ccc(OC(=O)OC(C)(C)C)cc2)c2ccc(N(C)C)cc2)cc1.O=S(=O)(O)CC(F)(F)F. The fourth-order valence-corrected chi connectivity index (χ4v) is 5.84. The van der Waals surface area contributed by atoms with E-state index in [-0.39, 0.29) is 10.9 Å². The van der Waals surface area contributed by atoms with Crippen molar-refractivity contribution >= 4 is 38.5 Å². The Morgan fingerprint density at radius 2 is 1.12 bits per heavy atom. The van der Waals surface area contributed by atoms with Crippen LogP contribution in [0, 0.1) is 0 Å². The Morgan fingerprint density at radius 3 is 1.38 bits per heavy atom. The Morgan fingerprint density at radius 1 is 0.762 bits per heavy atom. The van der Waals surface area contributed by atoms with Gasteiger partial charge in [-0.3, -0.25) is 4.55 Å². The molecule has 8 nitrogen and oxygen atoms in total. The van der Waals surface area contributed by atoms with Crippen LogP contribution < -0.4 is 14.5 Å². The highest BCUT2D eigenvalue weighted by atomic mass is 32.2. The normalized spacial score (nSPS) is 11.8. The van der Waals surface area contributed by atoms with E-state index in [1.54, 1.807) is 0 Å². The van der Waals surface area contributed by atoms with Crippen LogP contribution in [0.15, 0.2) is 87.5 Å². The minimum Gasteiger partial charge on any atom is -0.428 e. The predicted octanol–water partition coefficient (Wildman–Crippen LogP) is 6.66. The van der Waals surface area contributed by atoms with E-state index in [2.05, 4.69) is 58.3 Å². The summed E-state index contributed by atoms with van der Waals surface area (Å²) in [6.45, 7) is 5.44. The molecule has 0 fully saturated rings. The minimum atomic E-state index is -4.91. The molecule has 0 unspecified atom stereocenters. The molecule has 3 aromatic carbocycles. The second kappa shape index (κ2) is 14.2. The topological polar surface area (TPSA) is 96.4 Å². The Hall–Kier alpha value is -3.42. The van der Waals surface area contributed by atoms with E-state index in [4.69, 9.17) is 14.0 Å². The fourth-order valence-electron chi connectivity index (χ4n) is 3.39. The van der Waals surface area contributed by atoms with Crippen LogP contribution in [0.1, 0.15) is 20.8 Å². The smallest absolute Gasteiger partial charge is 0.428 e. The van der Waals surface area contributed by atoms with E-state index < -0.39 is 33.8 Å². The highest BCUT2D eigenvalue weighted by Gasteiger charge is 2.34. The van der Waals surface area contributed by atoms with Crippen molar-refractivity contribution in [3.63, 3.8) is 0 Å². The molecule has 0 spiro atoms. The van der Waals surface area contributed by atoms with Crippen molar-refractivity contribution in [2.45, 2.75) is 47.2 Å². The monoisotopic (exact) mass is 629 g/mol. The summed E-state index contributed by atoms with van der Waals surface area (Å²) in [4.78, 5) is 19.8. The Kier molecular flexibility index (Phi) is 11.7. The number of benzene rings is 3. The van der Waals surface area contributed by atoms with Gasteiger partial charge in [0.15, 0.2) is 20.4 Å². The summed E-state index contributed by atoms with van der Waals surface area (Å²) in [7, 11) is 2.95. The van der Waals surface area contributed by atoms with Crippen molar-refractivity contribution < 1.29 is 40.4 Å². The summed E-state index contributed by atoms with van der Waals surface area (Å²) in [6, 6.07) is 25.0. The van der Waals surface area contributed by atoms with Crippen molar-refractivity contribution in [3.05, 3.63) is 72.8 Å². The van der Waals surface area contributed by atoms with E-state index in [1.165, 1.54) is 9.79 Å². The molecule has 0 atom stereocenters. The van der Waals surface area contributed by atoms with Gasteiger partial charge in [-0.05, 0) is 93.6 Å². The first-order valence-electron chi connectivity index (χ1n) is 12.6. The first-order chi connectivity index (χ1) is 19.2. The van der Waals surface area contributed by atoms with Gasteiger partial charge in [0.05, 0.1) is 10.9 Å². The van der Waals surface area contributed by atoms with E-state index in [0.717, 1.165) is 16.3 Å². The number of nitrogens with zero attached hydrogens (tertiary/aromatic N) is 2. The maximum absolute atomic E-state index is 12.0. The predicted molar refractivity (Wildman–Crippen MR) is 159 cm³/mol. The molecule has 0 amide bonds. The first-order valence-corrected chi connectivity index (χ1v) is 15.4. The lowest BCUT2D eigenvalue weighted by atomic mass is 10.2. The van der Waals surface area contributed by atoms with E-state index >= 15 is 0 Å². The van der Waals surface area contributed by atoms with Crippen molar-refractivity contribution in [1.29, 1.82) is 0 Å². The van der Waals surface area contributed by atoms with Crippen LogP contribution in [0.4, 0.5) is 29.3 Å². The van der Waals surface area contributed by atoms with Gasteiger partial charge in [0.1, 0.15) is 11.4 Å². The largest absolute Gasteiger partial charge is 0.514 e. The van der Waals surface area contributed by atoms with Gasteiger partial charge in [0, 0.05) is 39.6 Å². The van der Waals surface area contributed by atoms with Crippen LogP contribution in [0.25, 0.3) is 0 Å². The third-order valence-electron chi connectivity index (χ3n) is 5.17. The number of halogens is 3. The lowest BCUT2D eigenvalue weighted by molar-refractivity contribution is -0.107. The fraction of sp³-hybridized carbons (Fsp3) is 0.345. The van der Waals surface area contributed by atoms with Gasteiger partial charge in [0.25, 0.3) is 10.1 Å². The molecule has 1 N–H and O–H groups in total. The van der Waals surface area contributed by atoms with Crippen molar-refractivity contribution in [3.8, 4) is 5.75 Å². The molecule has 13 heteroatoms. The third kappa shape index (κ3) is 12.2. The second-order valence-corrected chi connectivity index (χ2v) is 13.9. The van der Waals surface area contributed by atoms with Gasteiger partial charge in [-0.15, -0.1) is 0 Å². The molecule has 230 valence electrons. The van der Waals surface area contributed by atoms with Gasteiger partial charge in [-0.25, -0.2) is 4.79 Å². The van der Waals surface area contributed by atoms with Crippen LogP contribution in [-0.2, 0) is 25.7 Å². The zero-order chi connectivity index (χ0) is 31.9. The molecule has 0 aromatic heterocycles. The molecular formula is C29H36F3N2O6S2+. The molecule has 0 bridgehead atoms. The molecule has 0 saturated heterocycles. The van der Waals surface area contributed by atoms with E-state index in [0.29, 0.717) is 5.75 Å². The zero-order valence-electron chi connectivity index (χ0n) is 24.5. The van der Waals surface area contributed by atoms with Crippen LogP contribution in [-0.4, -0.2) is 64.8 Å². The van der Waals surface area contributed by atoms with Gasteiger partial charge in [-0.2, -0.15) is 21.6 Å². The van der Waals surface area contributed by atoms with Crippen LogP contribution in [0.5, 0.6) is 5.75 Å². The zero-order valence-corrected chi connectivity index (χ0v) is 26.1. The second-order valence-electron chi connectivity index (χ2n) is 10.5. The number of carbonyl (C=O) groups is 1. The lowest BCUT2D eigenvalue weighted by Gasteiger charge is -2.18. The molecule has 0 aliphatic carbocycles. The van der Waals surface area contributed by atoms with Gasteiger partial charge in [0.2, 0.25) is 0 Å². The molecule has 42 heavy (non-hydrogen) atoms. The van der Waals surface area contributed by atoms with Crippen LogP contribution >= 0.6 is 0 Å². The third-order valence-corrected chi connectivity index (χ3v) is 8.10. The maximum Gasteiger partial charge on any atom is 0.514 e. The number of anilines is 2. The molecule has 3 rings (SSSR count). The Balaban J connectivity index is 0.000000592. The number of hydrogen-bond donors (Lipinski definition) is 1. The summed E-state index contributed by atoms with van der Waals surface area (Å²) in [5.41, 5.74) is 1.72. The van der Waals surface area contributed by atoms with Crippen molar-refractivity contribution in [2.24, 2.45) is 0 Å². The number of carbonyl (C=O) groups excluding carboxylic acids is 1. The number of alkyl halides is 3. The summed E-state index contributed by atoms with van der Waals surface area (Å²) < 4.78 is 70.2. The number of hydrogen-bond acceptors (Lipinski definition) is 7. The molecular weight excluding hydrogens is 593 g/mol. The highest BCUT2D eigenvalue weighted by Crippen LogP contribution is 2.34. The summed E-state index contributed by atoms with van der Waals surface area (Å²) >= 11 is 0. The Labute approximate surface area is 248 Å².